The molecule has 0 bridgehead atoms. The molecule has 0 aromatic heterocycles. The van der Waals surface area contributed by atoms with Crippen molar-refractivity contribution >= 4 is 21.8 Å². The van der Waals surface area contributed by atoms with Gasteiger partial charge in [0.15, 0.2) is 0 Å². The van der Waals surface area contributed by atoms with Crippen molar-refractivity contribution in [3.63, 3.8) is 0 Å². The first-order chi connectivity index (χ1) is 8.58. The standard InChI is InChI=1S/C13H15BrFNO2/c1-8(12-3-2-6-18-12)16-13(17)10-7-9(14)4-5-11(10)15/h4-5,7-8,12H,2-3,6H2,1H3,(H,16,17). The van der Waals surface area contributed by atoms with Gasteiger partial charge in [-0.05, 0) is 38.0 Å². The predicted octanol–water partition coefficient (Wildman–Crippen LogP) is 2.89. The minimum absolute atomic E-state index is 0.0316. The molecule has 0 radical (unpaired) electrons. The molecule has 1 N–H and O–H groups in total. The lowest BCUT2D eigenvalue weighted by atomic mass is 10.1. The van der Waals surface area contributed by atoms with E-state index in [9.17, 15) is 9.18 Å². The molecule has 1 heterocycles. The molecule has 18 heavy (non-hydrogen) atoms. The van der Waals surface area contributed by atoms with E-state index in [0.29, 0.717) is 4.47 Å². The fourth-order valence-corrected chi connectivity index (χ4v) is 2.41. The van der Waals surface area contributed by atoms with E-state index in [0.717, 1.165) is 19.4 Å². The third-order valence-corrected chi connectivity index (χ3v) is 3.55. The Morgan fingerprint density at radius 2 is 2.39 bits per heavy atom. The highest BCUT2D eigenvalue weighted by molar-refractivity contribution is 9.10. The summed E-state index contributed by atoms with van der Waals surface area (Å²) in [6, 6.07) is 4.21. The van der Waals surface area contributed by atoms with Crippen LogP contribution in [0.5, 0.6) is 0 Å². The lowest BCUT2D eigenvalue weighted by molar-refractivity contribution is 0.0710. The second-order valence-corrected chi connectivity index (χ2v) is 5.35. The zero-order valence-electron chi connectivity index (χ0n) is 10.1. The van der Waals surface area contributed by atoms with Gasteiger partial charge in [0.05, 0.1) is 17.7 Å². The van der Waals surface area contributed by atoms with Gasteiger partial charge in [0.25, 0.3) is 5.91 Å². The Kier molecular flexibility index (Phi) is 4.35. The molecule has 2 atom stereocenters. The van der Waals surface area contributed by atoms with Gasteiger partial charge in [-0.3, -0.25) is 4.79 Å². The van der Waals surface area contributed by atoms with Crippen molar-refractivity contribution in [3.8, 4) is 0 Å². The summed E-state index contributed by atoms with van der Waals surface area (Å²) in [5, 5.41) is 2.78. The van der Waals surface area contributed by atoms with Crippen LogP contribution < -0.4 is 5.32 Å². The Morgan fingerprint density at radius 3 is 3.06 bits per heavy atom. The summed E-state index contributed by atoms with van der Waals surface area (Å²) in [5.41, 5.74) is 0.0502. The van der Waals surface area contributed by atoms with Crippen LogP contribution in [-0.4, -0.2) is 24.7 Å². The molecule has 1 aromatic rings. The summed E-state index contributed by atoms with van der Waals surface area (Å²) < 4.78 is 19.7. The van der Waals surface area contributed by atoms with Gasteiger partial charge in [0.2, 0.25) is 0 Å². The summed E-state index contributed by atoms with van der Waals surface area (Å²) in [5.74, 6) is -0.924. The van der Waals surface area contributed by atoms with E-state index >= 15 is 0 Å². The van der Waals surface area contributed by atoms with Crippen LogP contribution in [0.25, 0.3) is 0 Å². The van der Waals surface area contributed by atoms with Crippen molar-refractivity contribution in [1.29, 1.82) is 0 Å². The zero-order chi connectivity index (χ0) is 13.1. The third kappa shape index (κ3) is 3.09. The van der Waals surface area contributed by atoms with Gasteiger partial charge in [0.1, 0.15) is 5.82 Å². The van der Waals surface area contributed by atoms with E-state index in [4.69, 9.17) is 4.74 Å². The summed E-state index contributed by atoms with van der Waals surface area (Å²) in [7, 11) is 0. The van der Waals surface area contributed by atoms with Crippen molar-refractivity contribution in [3.05, 3.63) is 34.1 Å². The number of ether oxygens (including phenoxy) is 1. The third-order valence-electron chi connectivity index (χ3n) is 3.05. The molecule has 1 amide bonds. The second kappa shape index (κ2) is 5.80. The number of carbonyl (C=O) groups is 1. The molecular formula is C13H15BrFNO2. The Hall–Kier alpha value is -0.940. The highest BCUT2D eigenvalue weighted by atomic mass is 79.9. The van der Waals surface area contributed by atoms with Crippen molar-refractivity contribution < 1.29 is 13.9 Å². The lowest BCUT2D eigenvalue weighted by Crippen LogP contribution is -2.41. The minimum Gasteiger partial charge on any atom is -0.376 e. The largest absolute Gasteiger partial charge is 0.376 e. The Bertz CT molecular complexity index is 447. The number of hydrogen-bond acceptors (Lipinski definition) is 2. The molecule has 0 aliphatic carbocycles. The van der Waals surface area contributed by atoms with E-state index in [-0.39, 0.29) is 17.7 Å². The van der Waals surface area contributed by atoms with Crippen LogP contribution >= 0.6 is 15.9 Å². The first-order valence-electron chi connectivity index (χ1n) is 5.95. The Balaban J connectivity index is 2.04. The van der Waals surface area contributed by atoms with E-state index < -0.39 is 11.7 Å². The molecular weight excluding hydrogens is 301 g/mol. The average molecular weight is 316 g/mol. The van der Waals surface area contributed by atoms with Crippen LogP contribution in [0, 0.1) is 5.82 Å². The lowest BCUT2D eigenvalue weighted by Gasteiger charge is -2.20. The number of rotatable bonds is 3. The van der Waals surface area contributed by atoms with E-state index in [1.165, 1.54) is 12.1 Å². The number of benzene rings is 1. The van der Waals surface area contributed by atoms with Gasteiger partial charge in [-0.25, -0.2) is 4.39 Å². The van der Waals surface area contributed by atoms with Crippen molar-refractivity contribution in [2.45, 2.75) is 31.9 Å². The first kappa shape index (κ1) is 13.5. The molecule has 2 rings (SSSR count). The molecule has 5 heteroatoms. The number of hydrogen-bond donors (Lipinski definition) is 1. The maximum atomic E-state index is 13.5. The SMILES string of the molecule is CC(NC(=O)c1cc(Br)ccc1F)C1CCCO1. The summed E-state index contributed by atoms with van der Waals surface area (Å²) >= 11 is 3.23. The van der Waals surface area contributed by atoms with Gasteiger partial charge in [-0.15, -0.1) is 0 Å². The van der Waals surface area contributed by atoms with Gasteiger partial charge >= 0.3 is 0 Å². The smallest absolute Gasteiger partial charge is 0.254 e. The van der Waals surface area contributed by atoms with Crippen LogP contribution in [0.4, 0.5) is 4.39 Å². The van der Waals surface area contributed by atoms with E-state index in [1.54, 1.807) is 6.07 Å². The molecule has 1 saturated heterocycles. The molecule has 2 unspecified atom stereocenters. The molecule has 1 aliphatic heterocycles. The van der Waals surface area contributed by atoms with E-state index in [1.807, 2.05) is 6.92 Å². The maximum absolute atomic E-state index is 13.5. The first-order valence-corrected chi connectivity index (χ1v) is 6.75. The summed E-state index contributed by atoms with van der Waals surface area (Å²) in [4.78, 5) is 12.0. The van der Waals surface area contributed by atoms with Crippen molar-refractivity contribution in [2.75, 3.05) is 6.61 Å². The highest BCUT2D eigenvalue weighted by Crippen LogP contribution is 2.18. The molecule has 3 nitrogen and oxygen atoms in total. The van der Waals surface area contributed by atoms with Crippen molar-refractivity contribution in [1.82, 2.24) is 5.32 Å². The molecule has 1 aliphatic rings. The molecule has 98 valence electrons. The summed E-state index contributed by atoms with van der Waals surface area (Å²) in [6.45, 7) is 2.61. The Labute approximate surface area is 114 Å². The van der Waals surface area contributed by atoms with Gasteiger partial charge < -0.3 is 10.1 Å². The highest BCUT2D eigenvalue weighted by Gasteiger charge is 2.24. The fraction of sp³-hybridized carbons (Fsp3) is 0.462. The normalized spacial score (nSPS) is 20.7. The van der Waals surface area contributed by atoms with Gasteiger partial charge in [-0.1, -0.05) is 15.9 Å². The molecule has 0 saturated carbocycles. The molecule has 1 fully saturated rings. The number of halogens is 2. The molecule has 1 aromatic carbocycles. The summed E-state index contributed by atoms with van der Waals surface area (Å²) in [6.07, 6.45) is 1.97. The van der Waals surface area contributed by atoms with Gasteiger partial charge in [-0.2, -0.15) is 0 Å². The van der Waals surface area contributed by atoms with Crippen molar-refractivity contribution in [2.24, 2.45) is 0 Å². The van der Waals surface area contributed by atoms with Gasteiger partial charge in [0, 0.05) is 11.1 Å². The number of amides is 1. The van der Waals surface area contributed by atoms with Crippen LogP contribution in [0.2, 0.25) is 0 Å². The Morgan fingerprint density at radius 1 is 1.61 bits per heavy atom. The maximum Gasteiger partial charge on any atom is 0.254 e. The molecule has 0 spiro atoms. The van der Waals surface area contributed by atoms with E-state index in [2.05, 4.69) is 21.2 Å². The minimum atomic E-state index is -0.518. The van der Waals surface area contributed by atoms with Crippen LogP contribution in [0.1, 0.15) is 30.1 Å². The van der Waals surface area contributed by atoms with Crippen LogP contribution in [0.3, 0.4) is 0 Å². The quantitative estimate of drug-likeness (QED) is 0.931. The topological polar surface area (TPSA) is 38.3 Å². The number of nitrogens with one attached hydrogen (secondary N) is 1. The van der Waals surface area contributed by atoms with Crippen LogP contribution in [-0.2, 0) is 4.74 Å². The fourth-order valence-electron chi connectivity index (χ4n) is 2.05. The average Bonchev–Trinajstić information content (AvgIpc) is 2.85. The van der Waals surface area contributed by atoms with Crippen LogP contribution in [0.15, 0.2) is 22.7 Å². The zero-order valence-corrected chi connectivity index (χ0v) is 11.7. The second-order valence-electron chi connectivity index (χ2n) is 4.44. The monoisotopic (exact) mass is 315 g/mol. The predicted molar refractivity (Wildman–Crippen MR) is 70.0 cm³/mol. The number of carbonyl (C=O) groups excluding carboxylic acids is 1.